The predicted molar refractivity (Wildman–Crippen MR) is 75.5 cm³/mol. The van der Waals surface area contributed by atoms with Gasteiger partial charge < -0.3 is 15.6 Å². The SMILES string of the molecule is CC(C)c1nc(NC2CC3CCC(C2)N3)cc(=O)[nH]1. The van der Waals surface area contributed by atoms with Crippen molar-refractivity contribution in [3.8, 4) is 0 Å². The Hall–Kier alpha value is -1.36. The molecule has 0 aromatic carbocycles. The zero-order valence-electron chi connectivity index (χ0n) is 11.6. The van der Waals surface area contributed by atoms with Gasteiger partial charge in [-0.1, -0.05) is 13.8 Å². The van der Waals surface area contributed by atoms with E-state index < -0.39 is 0 Å². The lowest BCUT2D eigenvalue weighted by atomic mass is 10.00. The fourth-order valence-electron chi connectivity index (χ4n) is 3.21. The van der Waals surface area contributed by atoms with Gasteiger partial charge in [0.15, 0.2) is 0 Å². The molecule has 0 amide bonds. The number of fused-ring (bicyclic) bond motifs is 2. The second kappa shape index (κ2) is 4.96. The summed E-state index contributed by atoms with van der Waals surface area (Å²) < 4.78 is 0. The highest BCUT2D eigenvalue weighted by molar-refractivity contribution is 5.35. The molecule has 2 unspecified atom stereocenters. The highest BCUT2D eigenvalue weighted by Crippen LogP contribution is 2.28. The zero-order chi connectivity index (χ0) is 13.4. The van der Waals surface area contributed by atoms with Gasteiger partial charge in [0.05, 0.1) is 0 Å². The molecule has 0 aliphatic carbocycles. The fourth-order valence-corrected chi connectivity index (χ4v) is 3.21. The van der Waals surface area contributed by atoms with Gasteiger partial charge in [-0.05, 0) is 25.7 Å². The van der Waals surface area contributed by atoms with Crippen LogP contribution in [0.3, 0.4) is 0 Å². The lowest BCUT2D eigenvalue weighted by Crippen LogP contribution is -2.43. The molecule has 0 saturated carbocycles. The number of aromatic nitrogens is 2. The summed E-state index contributed by atoms with van der Waals surface area (Å²) in [6.07, 6.45) is 4.82. The van der Waals surface area contributed by atoms with E-state index in [1.165, 1.54) is 12.8 Å². The maximum absolute atomic E-state index is 11.7. The lowest BCUT2D eigenvalue weighted by molar-refractivity contribution is 0.377. The van der Waals surface area contributed by atoms with Gasteiger partial charge in [-0.25, -0.2) is 4.98 Å². The number of hydrogen-bond donors (Lipinski definition) is 3. The molecule has 3 heterocycles. The third-order valence-corrected chi connectivity index (χ3v) is 4.13. The first-order valence-corrected chi connectivity index (χ1v) is 7.24. The van der Waals surface area contributed by atoms with Gasteiger partial charge >= 0.3 is 0 Å². The molecule has 2 atom stereocenters. The van der Waals surface area contributed by atoms with Crippen LogP contribution < -0.4 is 16.2 Å². The third kappa shape index (κ3) is 2.81. The average Bonchev–Trinajstić information content (AvgIpc) is 2.68. The van der Waals surface area contributed by atoms with Gasteiger partial charge in [0.2, 0.25) is 0 Å². The molecule has 2 saturated heterocycles. The van der Waals surface area contributed by atoms with E-state index in [1.54, 1.807) is 6.07 Å². The molecule has 3 N–H and O–H groups in total. The van der Waals surface area contributed by atoms with Crippen molar-refractivity contribution in [2.45, 2.75) is 63.6 Å². The smallest absolute Gasteiger partial charge is 0.252 e. The monoisotopic (exact) mass is 262 g/mol. The highest BCUT2D eigenvalue weighted by atomic mass is 16.1. The molecule has 2 aliphatic heterocycles. The molecule has 19 heavy (non-hydrogen) atoms. The standard InChI is InChI=1S/C14H22N4O/c1-8(2)14-17-12(7-13(19)18-14)16-11-5-9-3-4-10(6-11)15-9/h7-11,15H,3-6H2,1-2H3,(H2,16,17,18,19). The summed E-state index contributed by atoms with van der Waals surface area (Å²) >= 11 is 0. The summed E-state index contributed by atoms with van der Waals surface area (Å²) in [6, 6.07) is 3.29. The van der Waals surface area contributed by atoms with Crippen LogP contribution in [0.25, 0.3) is 0 Å². The van der Waals surface area contributed by atoms with Crippen LogP contribution in [0.2, 0.25) is 0 Å². The quantitative estimate of drug-likeness (QED) is 0.773. The van der Waals surface area contributed by atoms with Gasteiger partial charge in [0.25, 0.3) is 5.56 Å². The first-order chi connectivity index (χ1) is 9.10. The summed E-state index contributed by atoms with van der Waals surface area (Å²) in [5.74, 6) is 1.71. The molecule has 2 fully saturated rings. The second-order valence-electron chi connectivity index (χ2n) is 6.12. The van der Waals surface area contributed by atoms with Crippen molar-refractivity contribution < 1.29 is 0 Å². The van der Waals surface area contributed by atoms with Crippen molar-refractivity contribution in [1.82, 2.24) is 15.3 Å². The van der Waals surface area contributed by atoms with Crippen molar-refractivity contribution in [2.75, 3.05) is 5.32 Å². The minimum atomic E-state index is -0.0712. The minimum absolute atomic E-state index is 0.0712. The normalized spacial score (nSPS) is 29.7. The molecular weight excluding hydrogens is 240 g/mol. The van der Waals surface area contributed by atoms with Gasteiger partial charge in [0.1, 0.15) is 11.6 Å². The number of nitrogens with one attached hydrogen (secondary N) is 3. The number of aromatic amines is 1. The Labute approximate surface area is 113 Å². The van der Waals surface area contributed by atoms with E-state index in [0.29, 0.717) is 18.1 Å². The van der Waals surface area contributed by atoms with Gasteiger partial charge in [-0.2, -0.15) is 0 Å². The maximum atomic E-state index is 11.7. The maximum Gasteiger partial charge on any atom is 0.252 e. The van der Waals surface area contributed by atoms with Crippen LogP contribution in [0.4, 0.5) is 5.82 Å². The Morgan fingerprint density at radius 2 is 2.00 bits per heavy atom. The van der Waals surface area contributed by atoms with Crippen molar-refractivity contribution >= 4 is 5.82 Å². The summed E-state index contributed by atoms with van der Waals surface area (Å²) in [5, 5.41) is 7.07. The van der Waals surface area contributed by atoms with Crippen LogP contribution in [0.1, 0.15) is 51.3 Å². The van der Waals surface area contributed by atoms with Crippen LogP contribution in [-0.2, 0) is 0 Å². The van der Waals surface area contributed by atoms with Crippen molar-refractivity contribution in [3.05, 3.63) is 22.2 Å². The van der Waals surface area contributed by atoms with Crippen molar-refractivity contribution in [2.24, 2.45) is 0 Å². The number of piperidine rings is 1. The molecule has 5 heteroatoms. The number of H-pyrrole nitrogens is 1. The van der Waals surface area contributed by atoms with Gasteiger partial charge in [0, 0.05) is 30.1 Å². The Morgan fingerprint density at radius 1 is 1.32 bits per heavy atom. The van der Waals surface area contributed by atoms with Crippen LogP contribution in [-0.4, -0.2) is 28.1 Å². The Bertz CT molecular complexity index is 498. The largest absolute Gasteiger partial charge is 0.367 e. The van der Waals surface area contributed by atoms with Crippen molar-refractivity contribution in [1.29, 1.82) is 0 Å². The molecule has 0 spiro atoms. The Kier molecular flexibility index (Phi) is 3.31. The summed E-state index contributed by atoms with van der Waals surface area (Å²) in [7, 11) is 0. The summed E-state index contributed by atoms with van der Waals surface area (Å²) in [5.41, 5.74) is -0.0712. The van der Waals surface area contributed by atoms with E-state index in [2.05, 4.69) is 20.6 Å². The van der Waals surface area contributed by atoms with E-state index >= 15 is 0 Å². The number of hydrogen-bond acceptors (Lipinski definition) is 4. The van der Waals surface area contributed by atoms with Crippen LogP contribution >= 0.6 is 0 Å². The van der Waals surface area contributed by atoms with E-state index in [1.807, 2.05) is 13.8 Å². The third-order valence-electron chi connectivity index (χ3n) is 4.13. The average molecular weight is 262 g/mol. The minimum Gasteiger partial charge on any atom is -0.367 e. The first-order valence-electron chi connectivity index (χ1n) is 7.24. The molecule has 2 bridgehead atoms. The number of nitrogens with zero attached hydrogens (tertiary/aromatic N) is 1. The van der Waals surface area contributed by atoms with E-state index in [4.69, 9.17) is 0 Å². The topological polar surface area (TPSA) is 69.8 Å². The van der Waals surface area contributed by atoms with Crippen LogP contribution in [0.15, 0.2) is 10.9 Å². The van der Waals surface area contributed by atoms with E-state index in [-0.39, 0.29) is 11.5 Å². The van der Waals surface area contributed by atoms with Gasteiger partial charge in [-0.15, -0.1) is 0 Å². The Morgan fingerprint density at radius 3 is 2.63 bits per heavy atom. The predicted octanol–water partition coefficient (Wildman–Crippen LogP) is 1.59. The molecule has 1 aromatic rings. The molecular formula is C14H22N4O. The first kappa shape index (κ1) is 12.7. The van der Waals surface area contributed by atoms with E-state index in [9.17, 15) is 4.79 Å². The molecule has 3 rings (SSSR count). The molecule has 0 radical (unpaired) electrons. The van der Waals surface area contributed by atoms with Crippen molar-refractivity contribution in [3.63, 3.8) is 0 Å². The molecule has 5 nitrogen and oxygen atoms in total. The summed E-state index contributed by atoms with van der Waals surface area (Å²) in [6.45, 7) is 4.07. The Balaban J connectivity index is 1.74. The molecule has 104 valence electrons. The van der Waals surface area contributed by atoms with Crippen LogP contribution in [0.5, 0.6) is 0 Å². The molecule has 1 aromatic heterocycles. The zero-order valence-corrected chi connectivity index (χ0v) is 11.6. The highest BCUT2D eigenvalue weighted by Gasteiger charge is 2.33. The van der Waals surface area contributed by atoms with E-state index in [0.717, 1.165) is 24.5 Å². The van der Waals surface area contributed by atoms with Crippen LogP contribution in [0, 0.1) is 0 Å². The lowest BCUT2D eigenvalue weighted by Gasteiger charge is -2.30. The number of rotatable bonds is 3. The fraction of sp³-hybridized carbons (Fsp3) is 0.714. The summed E-state index contributed by atoms with van der Waals surface area (Å²) in [4.78, 5) is 19.0. The van der Waals surface area contributed by atoms with Gasteiger partial charge in [-0.3, -0.25) is 4.79 Å². The number of anilines is 1. The second-order valence-corrected chi connectivity index (χ2v) is 6.12. The molecule has 2 aliphatic rings.